The van der Waals surface area contributed by atoms with Crippen LogP contribution in [0.1, 0.15) is 23.1 Å². The second kappa shape index (κ2) is 4.25. The third kappa shape index (κ3) is 1.93. The molecule has 5 heteroatoms. The van der Waals surface area contributed by atoms with Crippen molar-refractivity contribution in [2.75, 3.05) is 0 Å². The highest BCUT2D eigenvalue weighted by atomic mass is 19.1. The van der Waals surface area contributed by atoms with Crippen LogP contribution in [0.15, 0.2) is 24.5 Å². The number of aromatic nitrogens is 2. The van der Waals surface area contributed by atoms with Gasteiger partial charge in [0.2, 0.25) is 0 Å². The molecule has 2 rings (SSSR count). The summed E-state index contributed by atoms with van der Waals surface area (Å²) in [6, 6.07) is 2.47. The van der Waals surface area contributed by atoms with Crippen LogP contribution in [0.3, 0.4) is 0 Å². The first-order valence-corrected chi connectivity index (χ1v) is 5.12. The molecule has 1 unspecified atom stereocenters. The maximum Gasteiger partial charge on any atom is 0.142 e. The fraction of sp³-hybridized carbons (Fsp3) is 0.250. The Morgan fingerprint density at radius 2 is 2.06 bits per heavy atom. The molecule has 1 aromatic carbocycles. The minimum absolute atomic E-state index is 0.202. The van der Waals surface area contributed by atoms with Gasteiger partial charge in [0, 0.05) is 19.4 Å². The number of benzene rings is 1. The summed E-state index contributed by atoms with van der Waals surface area (Å²) >= 11 is 0. The Balaban J connectivity index is 2.55. The van der Waals surface area contributed by atoms with Crippen LogP contribution in [0.4, 0.5) is 8.78 Å². The molecule has 2 aromatic rings. The highest BCUT2D eigenvalue weighted by molar-refractivity contribution is 5.31. The highest BCUT2D eigenvalue weighted by Crippen LogP contribution is 2.27. The molecule has 0 saturated carbocycles. The smallest absolute Gasteiger partial charge is 0.142 e. The van der Waals surface area contributed by atoms with E-state index in [1.807, 2.05) is 0 Å². The Bertz CT molecular complexity index is 551. The topological polar surface area (TPSA) is 38.1 Å². The second-order valence-electron chi connectivity index (χ2n) is 3.89. The minimum Gasteiger partial charge on any atom is -0.380 e. The van der Waals surface area contributed by atoms with Crippen molar-refractivity contribution in [2.45, 2.75) is 13.0 Å². The van der Waals surface area contributed by atoms with E-state index in [0.717, 1.165) is 6.07 Å². The van der Waals surface area contributed by atoms with E-state index in [4.69, 9.17) is 0 Å². The Hall–Kier alpha value is -1.75. The van der Waals surface area contributed by atoms with Gasteiger partial charge in [-0.15, -0.1) is 0 Å². The van der Waals surface area contributed by atoms with Gasteiger partial charge in [-0.2, -0.15) is 0 Å². The van der Waals surface area contributed by atoms with Gasteiger partial charge in [-0.3, -0.25) is 0 Å². The zero-order chi connectivity index (χ0) is 12.6. The molecule has 1 heterocycles. The molecule has 17 heavy (non-hydrogen) atoms. The normalized spacial score (nSPS) is 12.8. The Morgan fingerprint density at radius 1 is 1.35 bits per heavy atom. The van der Waals surface area contributed by atoms with Crippen molar-refractivity contribution in [3.05, 3.63) is 53.1 Å². The van der Waals surface area contributed by atoms with Crippen molar-refractivity contribution < 1.29 is 13.9 Å². The maximum atomic E-state index is 13.8. The summed E-state index contributed by atoms with van der Waals surface area (Å²) in [6.45, 7) is 1.52. The van der Waals surface area contributed by atoms with Crippen LogP contribution in [0.2, 0.25) is 0 Å². The van der Waals surface area contributed by atoms with Gasteiger partial charge < -0.3 is 9.67 Å². The number of halogens is 2. The molecular weight excluding hydrogens is 226 g/mol. The van der Waals surface area contributed by atoms with Crippen LogP contribution < -0.4 is 0 Å². The molecule has 3 nitrogen and oxygen atoms in total. The maximum absolute atomic E-state index is 13.8. The fourth-order valence-electron chi connectivity index (χ4n) is 1.70. The number of imidazole rings is 1. The molecule has 0 aliphatic rings. The molecule has 0 bridgehead atoms. The van der Waals surface area contributed by atoms with Gasteiger partial charge in [0.05, 0.1) is 5.56 Å². The van der Waals surface area contributed by atoms with Gasteiger partial charge in [-0.05, 0) is 18.6 Å². The van der Waals surface area contributed by atoms with E-state index in [2.05, 4.69) is 4.98 Å². The summed E-state index contributed by atoms with van der Waals surface area (Å²) in [4.78, 5) is 3.88. The zero-order valence-electron chi connectivity index (χ0n) is 9.48. The van der Waals surface area contributed by atoms with E-state index in [-0.39, 0.29) is 17.0 Å². The molecule has 0 aliphatic carbocycles. The van der Waals surface area contributed by atoms with Crippen LogP contribution in [-0.4, -0.2) is 14.7 Å². The largest absolute Gasteiger partial charge is 0.380 e. The first kappa shape index (κ1) is 11.7. The average Bonchev–Trinajstić information content (AvgIpc) is 2.70. The Kier molecular flexibility index (Phi) is 2.93. The summed E-state index contributed by atoms with van der Waals surface area (Å²) in [5.74, 6) is -1.31. The number of rotatable bonds is 2. The summed E-state index contributed by atoms with van der Waals surface area (Å²) in [5.41, 5.74) is -0.0750. The van der Waals surface area contributed by atoms with Crippen molar-refractivity contribution in [3.63, 3.8) is 0 Å². The van der Waals surface area contributed by atoms with E-state index >= 15 is 0 Å². The SMILES string of the molecule is Cc1ccc(F)c(C(O)c2nccn2C)c1F. The molecule has 1 aromatic heterocycles. The first-order chi connectivity index (χ1) is 8.02. The highest BCUT2D eigenvalue weighted by Gasteiger charge is 2.23. The standard InChI is InChI=1S/C12H12F2N2O/c1-7-3-4-8(13)9(10(7)14)11(17)12-15-5-6-16(12)2/h3-6,11,17H,1-2H3. The summed E-state index contributed by atoms with van der Waals surface area (Å²) < 4.78 is 28.9. The van der Waals surface area contributed by atoms with Crippen LogP contribution in [0.5, 0.6) is 0 Å². The van der Waals surface area contributed by atoms with Crippen molar-refractivity contribution in [1.82, 2.24) is 9.55 Å². The third-order valence-corrected chi connectivity index (χ3v) is 2.70. The minimum atomic E-state index is -1.41. The molecule has 0 spiro atoms. The predicted octanol–water partition coefficient (Wildman–Crippen LogP) is 2.09. The van der Waals surface area contributed by atoms with Crippen LogP contribution in [-0.2, 0) is 7.05 Å². The molecule has 0 amide bonds. The zero-order valence-corrected chi connectivity index (χ0v) is 9.48. The van der Waals surface area contributed by atoms with Gasteiger partial charge in [0.1, 0.15) is 23.6 Å². The van der Waals surface area contributed by atoms with E-state index < -0.39 is 17.7 Å². The number of hydrogen-bond donors (Lipinski definition) is 1. The monoisotopic (exact) mass is 238 g/mol. The van der Waals surface area contributed by atoms with Gasteiger partial charge in [0.25, 0.3) is 0 Å². The molecule has 1 atom stereocenters. The number of aryl methyl sites for hydroxylation is 2. The number of nitrogens with zero attached hydrogens (tertiary/aromatic N) is 2. The molecule has 0 fully saturated rings. The van der Waals surface area contributed by atoms with Gasteiger partial charge in [-0.25, -0.2) is 13.8 Å². The molecule has 1 N–H and O–H groups in total. The van der Waals surface area contributed by atoms with Gasteiger partial charge in [0.15, 0.2) is 0 Å². The summed E-state index contributed by atoms with van der Waals surface area (Å²) in [6.07, 6.45) is 1.66. The van der Waals surface area contributed by atoms with Crippen LogP contribution in [0.25, 0.3) is 0 Å². The van der Waals surface area contributed by atoms with Crippen molar-refractivity contribution in [2.24, 2.45) is 7.05 Å². The van der Waals surface area contributed by atoms with Crippen LogP contribution >= 0.6 is 0 Å². The summed E-state index contributed by atoms with van der Waals surface area (Å²) in [7, 11) is 1.65. The molecular formula is C12H12F2N2O. The lowest BCUT2D eigenvalue weighted by molar-refractivity contribution is 0.195. The third-order valence-electron chi connectivity index (χ3n) is 2.70. The number of aliphatic hydroxyl groups is 1. The predicted molar refractivity (Wildman–Crippen MR) is 58.4 cm³/mol. The number of hydrogen-bond acceptors (Lipinski definition) is 2. The van der Waals surface area contributed by atoms with E-state index in [0.29, 0.717) is 0 Å². The van der Waals surface area contributed by atoms with Crippen molar-refractivity contribution in [3.8, 4) is 0 Å². The molecule has 90 valence electrons. The van der Waals surface area contributed by atoms with E-state index in [1.54, 1.807) is 13.2 Å². The molecule has 0 radical (unpaired) electrons. The Morgan fingerprint density at radius 3 is 2.65 bits per heavy atom. The van der Waals surface area contributed by atoms with Crippen LogP contribution in [0, 0.1) is 18.6 Å². The van der Waals surface area contributed by atoms with E-state index in [9.17, 15) is 13.9 Å². The lowest BCUT2D eigenvalue weighted by Gasteiger charge is -2.14. The second-order valence-corrected chi connectivity index (χ2v) is 3.89. The van der Waals surface area contributed by atoms with Crippen molar-refractivity contribution >= 4 is 0 Å². The van der Waals surface area contributed by atoms with Gasteiger partial charge in [-0.1, -0.05) is 6.07 Å². The molecule has 0 saturated heterocycles. The Labute approximate surface area is 97.3 Å². The van der Waals surface area contributed by atoms with Gasteiger partial charge >= 0.3 is 0 Å². The fourth-order valence-corrected chi connectivity index (χ4v) is 1.70. The van der Waals surface area contributed by atoms with Crippen molar-refractivity contribution in [1.29, 1.82) is 0 Å². The quantitative estimate of drug-likeness (QED) is 0.870. The lowest BCUT2D eigenvalue weighted by Crippen LogP contribution is -2.11. The van der Waals surface area contributed by atoms with E-state index in [1.165, 1.54) is 23.8 Å². The lowest BCUT2D eigenvalue weighted by atomic mass is 10.0. The molecule has 0 aliphatic heterocycles. The number of aliphatic hydroxyl groups excluding tert-OH is 1. The average molecular weight is 238 g/mol. The first-order valence-electron chi connectivity index (χ1n) is 5.12. The summed E-state index contributed by atoms with van der Waals surface area (Å²) in [5, 5.41) is 9.98.